The maximum Gasteiger partial charge on any atom is 0.263 e. The summed E-state index contributed by atoms with van der Waals surface area (Å²) < 4.78 is 6.05. The maximum absolute atomic E-state index is 12.5. The summed E-state index contributed by atoms with van der Waals surface area (Å²) in [5.41, 5.74) is 5.44. The van der Waals surface area contributed by atoms with E-state index < -0.39 is 0 Å². The molecular formula is C24H24N4O2S. The number of amides is 1. The third kappa shape index (κ3) is 3.07. The molecule has 6 nitrogen and oxygen atoms in total. The predicted molar refractivity (Wildman–Crippen MR) is 123 cm³/mol. The number of anilines is 4. The minimum Gasteiger partial charge on any atom is -0.489 e. The molecule has 0 radical (unpaired) electrons. The molecule has 4 heterocycles. The van der Waals surface area contributed by atoms with E-state index in [1.165, 1.54) is 22.6 Å². The number of thiazole rings is 1. The van der Waals surface area contributed by atoms with Crippen LogP contribution in [0, 0.1) is 0 Å². The molecule has 31 heavy (non-hydrogen) atoms. The number of aromatic nitrogens is 1. The molecule has 1 amide bonds. The van der Waals surface area contributed by atoms with Gasteiger partial charge in [-0.3, -0.25) is 4.79 Å². The van der Waals surface area contributed by atoms with Gasteiger partial charge in [0.1, 0.15) is 17.2 Å². The van der Waals surface area contributed by atoms with Crippen LogP contribution in [0.5, 0.6) is 5.75 Å². The molecule has 1 N–H and O–H groups in total. The van der Waals surface area contributed by atoms with Crippen molar-refractivity contribution >= 4 is 39.4 Å². The first-order valence-electron chi connectivity index (χ1n) is 10.7. The lowest BCUT2D eigenvalue weighted by Crippen LogP contribution is -2.48. The molecule has 158 valence electrons. The van der Waals surface area contributed by atoms with E-state index in [1.807, 2.05) is 13.8 Å². The molecule has 0 aliphatic carbocycles. The zero-order valence-corrected chi connectivity index (χ0v) is 18.5. The number of fused-ring (bicyclic) bond motifs is 3. The molecule has 2 aromatic carbocycles. The highest BCUT2D eigenvalue weighted by atomic mass is 32.1. The standard InChI is InChI=1S/C24H24N4O2S/c1-24(2)14-17-21(22(29)26-24)31-23(25-17)28-11-12-30-20-13-16(7-8-19(20)28)27-10-9-15-5-3-4-6-18(15)27/h3-8,13H,9-12,14H2,1-2H3,(H,26,29). The van der Waals surface area contributed by atoms with E-state index in [4.69, 9.17) is 9.72 Å². The summed E-state index contributed by atoms with van der Waals surface area (Å²) in [7, 11) is 0. The second kappa shape index (κ2) is 6.72. The summed E-state index contributed by atoms with van der Waals surface area (Å²) in [5.74, 6) is 0.845. The second-order valence-corrected chi connectivity index (χ2v) is 9.95. The van der Waals surface area contributed by atoms with Gasteiger partial charge in [0.05, 0.1) is 17.9 Å². The van der Waals surface area contributed by atoms with Crippen molar-refractivity contribution < 1.29 is 9.53 Å². The van der Waals surface area contributed by atoms with Gasteiger partial charge in [0.2, 0.25) is 0 Å². The minimum atomic E-state index is -0.265. The number of benzene rings is 2. The summed E-state index contributed by atoms with van der Waals surface area (Å²) in [5, 5.41) is 3.94. The van der Waals surface area contributed by atoms with Gasteiger partial charge >= 0.3 is 0 Å². The van der Waals surface area contributed by atoms with Gasteiger partial charge in [-0.05, 0) is 44.0 Å². The summed E-state index contributed by atoms with van der Waals surface area (Å²) in [6.07, 6.45) is 1.80. The minimum absolute atomic E-state index is 0.0217. The van der Waals surface area contributed by atoms with Crippen molar-refractivity contribution in [3.63, 3.8) is 0 Å². The van der Waals surface area contributed by atoms with Crippen LogP contribution >= 0.6 is 11.3 Å². The highest BCUT2D eigenvalue weighted by molar-refractivity contribution is 7.17. The van der Waals surface area contributed by atoms with Gasteiger partial charge in [-0.1, -0.05) is 29.5 Å². The molecule has 0 fully saturated rings. The number of hydrogen-bond donors (Lipinski definition) is 1. The summed E-state index contributed by atoms with van der Waals surface area (Å²) in [4.78, 5) is 22.7. The molecule has 0 atom stereocenters. The number of hydrogen-bond acceptors (Lipinski definition) is 6. The van der Waals surface area contributed by atoms with Gasteiger partial charge in [-0.15, -0.1) is 0 Å². The first kappa shape index (κ1) is 18.7. The Morgan fingerprint density at radius 3 is 2.87 bits per heavy atom. The fraction of sp³-hybridized carbons (Fsp3) is 0.333. The molecule has 6 rings (SSSR count). The van der Waals surface area contributed by atoms with Gasteiger partial charge in [0, 0.05) is 35.9 Å². The number of para-hydroxylation sites is 1. The summed E-state index contributed by atoms with van der Waals surface area (Å²) in [6, 6.07) is 15.0. The van der Waals surface area contributed by atoms with Crippen molar-refractivity contribution in [3.8, 4) is 5.75 Å². The Kier molecular flexibility index (Phi) is 4.05. The Balaban J connectivity index is 1.35. The van der Waals surface area contributed by atoms with Gasteiger partial charge in [0.15, 0.2) is 5.13 Å². The first-order chi connectivity index (χ1) is 15.0. The number of nitrogens with one attached hydrogen (secondary N) is 1. The summed E-state index contributed by atoms with van der Waals surface area (Å²) >= 11 is 1.47. The largest absolute Gasteiger partial charge is 0.489 e. The summed E-state index contributed by atoms with van der Waals surface area (Å²) in [6.45, 7) is 6.36. The monoisotopic (exact) mass is 432 g/mol. The van der Waals surface area contributed by atoms with E-state index in [-0.39, 0.29) is 11.4 Å². The maximum atomic E-state index is 12.5. The van der Waals surface area contributed by atoms with Crippen LogP contribution in [-0.4, -0.2) is 36.1 Å². The number of carbonyl (C=O) groups is 1. The molecule has 0 bridgehead atoms. The third-order valence-corrected chi connectivity index (χ3v) is 7.31. The van der Waals surface area contributed by atoms with E-state index in [9.17, 15) is 4.79 Å². The number of nitrogens with zero attached hydrogens (tertiary/aromatic N) is 3. The number of carbonyl (C=O) groups excluding carboxylic acids is 1. The van der Waals surface area contributed by atoms with Crippen LogP contribution in [0.25, 0.3) is 0 Å². The van der Waals surface area contributed by atoms with E-state index in [0.29, 0.717) is 6.61 Å². The molecule has 3 aromatic rings. The van der Waals surface area contributed by atoms with Crippen molar-refractivity contribution in [3.05, 3.63) is 58.6 Å². The molecular weight excluding hydrogens is 408 g/mol. The van der Waals surface area contributed by atoms with Crippen molar-refractivity contribution in [2.75, 3.05) is 29.5 Å². The lowest BCUT2D eigenvalue weighted by molar-refractivity contribution is 0.0901. The van der Waals surface area contributed by atoms with Crippen LogP contribution in [0.4, 0.5) is 22.2 Å². The fourth-order valence-corrected chi connectivity index (χ4v) is 5.78. The zero-order valence-electron chi connectivity index (χ0n) is 17.6. The topological polar surface area (TPSA) is 57.7 Å². The Hall–Kier alpha value is -3.06. The Morgan fingerprint density at radius 2 is 1.97 bits per heavy atom. The smallest absolute Gasteiger partial charge is 0.263 e. The van der Waals surface area contributed by atoms with Crippen LogP contribution in [0.15, 0.2) is 42.5 Å². The normalized spacial score (nSPS) is 18.7. The molecule has 0 saturated heterocycles. The number of ether oxygens (including phenoxy) is 1. The van der Waals surface area contributed by atoms with Crippen molar-refractivity contribution in [2.24, 2.45) is 0 Å². The highest BCUT2D eigenvalue weighted by Gasteiger charge is 2.35. The van der Waals surface area contributed by atoms with Crippen molar-refractivity contribution in [1.82, 2.24) is 10.3 Å². The van der Waals surface area contributed by atoms with Gasteiger partial charge in [-0.25, -0.2) is 4.98 Å². The molecule has 3 aliphatic rings. The van der Waals surface area contributed by atoms with Gasteiger partial charge < -0.3 is 19.9 Å². The molecule has 0 unspecified atom stereocenters. The van der Waals surface area contributed by atoms with Crippen LogP contribution in [0.1, 0.15) is 34.8 Å². The van der Waals surface area contributed by atoms with Crippen molar-refractivity contribution in [1.29, 1.82) is 0 Å². The van der Waals surface area contributed by atoms with Crippen LogP contribution in [0.2, 0.25) is 0 Å². The lowest BCUT2D eigenvalue weighted by atomic mass is 9.94. The second-order valence-electron chi connectivity index (χ2n) is 8.97. The average molecular weight is 433 g/mol. The van der Waals surface area contributed by atoms with E-state index in [0.717, 1.165) is 58.8 Å². The predicted octanol–water partition coefficient (Wildman–Crippen LogP) is 4.43. The fourth-order valence-electron chi connectivity index (χ4n) is 4.76. The zero-order chi connectivity index (χ0) is 21.2. The molecule has 0 spiro atoms. The third-order valence-electron chi connectivity index (χ3n) is 6.19. The van der Waals surface area contributed by atoms with Crippen LogP contribution < -0.4 is 19.9 Å². The van der Waals surface area contributed by atoms with Gasteiger partial charge in [-0.2, -0.15) is 0 Å². The SMILES string of the molecule is CC1(C)Cc2nc(N3CCOc4cc(N5CCc6ccccc65)ccc43)sc2C(=O)N1. The van der Waals surface area contributed by atoms with E-state index >= 15 is 0 Å². The Morgan fingerprint density at radius 1 is 1.10 bits per heavy atom. The van der Waals surface area contributed by atoms with Gasteiger partial charge in [0.25, 0.3) is 5.91 Å². The van der Waals surface area contributed by atoms with E-state index in [2.05, 4.69) is 57.6 Å². The highest BCUT2D eigenvalue weighted by Crippen LogP contribution is 2.44. The Labute approximate surface area is 185 Å². The van der Waals surface area contributed by atoms with Crippen LogP contribution in [0.3, 0.4) is 0 Å². The Bertz CT molecular complexity index is 1200. The molecule has 3 aliphatic heterocycles. The average Bonchev–Trinajstić information content (AvgIpc) is 3.36. The molecule has 0 saturated carbocycles. The van der Waals surface area contributed by atoms with Crippen LogP contribution in [-0.2, 0) is 12.8 Å². The quantitative estimate of drug-likeness (QED) is 0.649. The van der Waals surface area contributed by atoms with E-state index in [1.54, 1.807) is 0 Å². The molecule has 7 heteroatoms. The lowest BCUT2D eigenvalue weighted by Gasteiger charge is -2.30. The van der Waals surface area contributed by atoms with Crippen molar-refractivity contribution in [2.45, 2.75) is 32.2 Å². The molecule has 1 aromatic heterocycles. The number of rotatable bonds is 2. The first-order valence-corrected chi connectivity index (χ1v) is 11.5.